The highest BCUT2D eigenvalue weighted by Crippen LogP contribution is 2.19. The fourth-order valence-corrected chi connectivity index (χ4v) is 4.56. The van der Waals surface area contributed by atoms with E-state index in [0.717, 1.165) is 11.1 Å². The minimum atomic E-state index is -0.561. The number of allylic oxidation sites excluding steroid dienone is 2. The first-order valence-electron chi connectivity index (χ1n) is 13.7. The van der Waals surface area contributed by atoms with Crippen LogP contribution < -0.4 is 10.6 Å². The summed E-state index contributed by atoms with van der Waals surface area (Å²) in [6, 6.07) is 19.2. The van der Waals surface area contributed by atoms with Crippen molar-refractivity contribution >= 4 is 17.8 Å². The third-order valence-corrected chi connectivity index (χ3v) is 6.63. The lowest BCUT2D eigenvalue weighted by molar-refractivity contribution is -0.150. The molecule has 0 bridgehead atoms. The van der Waals surface area contributed by atoms with Crippen LogP contribution in [0, 0.1) is 11.8 Å². The molecule has 8 heteroatoms. The van der Waals surface area contributed by atoms with Crippen LogP contribution in [0.3, 0.4) is 0 Å². The molecule has 2 amide bonds. The van der Waals surface area contributed by atoms with E-state index in [-0.39, 0.29) is 56.5 Å². The molecule has 0 saturated heterocycles. The predicted octanol–water partition coefficient (Wildman–Crippen LogP) is 2.99. The normalized spacial score (nSPS) is 20.6. The Morgan fingerprint density at radius 2 is 1.64 bits per heavy atom. The molecule has 210 valence electrons. The lowest BCUT2D eigenvalue weighted by Gasteiger charge is -2.23. The van der Waals surface area contributed by atoms with Crippen LogP contribution in [0.4, 0.5) is 0 Å². The molecule has 0 radical (unpaired) electrons. The first-order chi connectivity index (χ1) is 19.0. The highest BCUT2D eigenvalue weighted by molar-refractivity contribution is 5.86. The molecule has 0 aromatic heterocycles. The fraction of sp³-hybridized carbons (Fsp3) is 0.452. The predicted molar refractivity (Wildman–Crippen MR) is 149 cm³/mol. The zero-order valence-corrected chi connectivity index (χ0v) is 22.4. The topological polar surface area (TPSA) is 114 Å². The van der Waals surface area contributed by atoms with Gasteiger partial charge in [0.15, 0.2) is 0 Å². The molecular formula is C31H40N2O6. The molecule has 3 rings (SSSR count). The SMILES string of the molecule is O=C(CC1CC=CCCC(Cc2ccccc2)C(=O)OCC(Cc2ccccc2)NC1=O)NCCOCCO. The number of rotatable bonds is 11. The first-order valence-corrected chi connectivity index (χ1v) is 13.7. The average Bonchev–Trinajstić information content (AvgIpc) is 2.95. The number of amides is 2. The van der Waals surface area contributed by atoms with Crippen molar-refractivity contribution in [2.45, 2.75) is 44.6 Å². The van der Waals surface area contributed by atoms with E-state index >= 15 is 0 Å². The molecule has 39 heavy (non-hydrogen) atoms. The molecule has 0 aliphatic carbocycles. The number of esters is 1. The van der Waals surface area contributed by atoms with Crippen molar-refractivity contribution < 1.29 is 29.0 Å². The second-order valence-electron chi connectivity index (χ2n) is 9.78. The van der Waals surface area contributed by atoms with Gasteiger partial charge in [0.2, 0.25) is 11.8 Å². The Hall–Kier alpha value is -3.49. The van der Waals surface area contributed by atoms with E-state index < -0.39 is 12.0 Å². The van der Waals surface area contributed by atoms with Gasteiger partial charge in [-0.05, 0) is 43.2 Å². The van der Waals surface area contributed by atoms with Gasteiger partial charge in [0.1, 0.15) is 6.61 Å². The Balaban J connectivity index is 1.71. The van der Waals surface area contributed by atoms with Crippen LogP contribution in [0.15, 0.2) is 72.8 Å². The lowest BCUT2D eigenvalue weighted by Crippen LogP contribution is -2.44. The number of ether oxygens (including phenoxy) is 2. The van der Waals surface area contributed by atoms with Crippen molar-refractivity contribution in [3.05, 3.63) is 83.9 Å². The van der Waals surface area contributed by atoms with E-state index in [0.29, 0.717) is 38.6 Å². The maximum Gasteiger partial charge on any atom is 0.309 e. The summed E-state index contributed by atoms with van der Waals surface area (Å²) >= 11 is 0. The van der Waals surface area contributed by atoms with E-state index in [1.54, 1.807) is 0 Å². The van der Waals surface area contributed by atoms with Gasteiger partial charge in [-0.15, -0.1) is 0 Å². The molecule has 2 aromatic rings. The molecule has 1 aliphatic heterocycles. The number of aliphatic hydroxyl groups excluding tert-OH is 1. The van der Waals surface area contributed by atoms with Gasteiger partial charge in [0, 0.05) is 13.0 Å². The number of nitrogens with one attached hydrogen (secondary N) is 2. The number of carbonyl (C=O) groups excluding carboxylic acids is 3. The Labute approximate surface area is 230 Å². The number of benzene rings is 2. The molecule has 0 spiro atoms. The third-order valence-electron chi connectivity index (χ3n) is 6.63. The molecule has 2 aromatic carbocycles. The van der Waals surface area contributed by atoms with Gasteiger partial charge in [-0.1, -0.05) is 72.8 Å². The first kappa shape index (κ1) is 30.1. The van der Waals surface area contributed by atoms with Gasteiger partial charge in [0.05, 0.1) is 37.7 Å². The summed E-state index contributed by atoms with van der Waals surface area (Å²) < 4.78 is 11.0. The maximum absolute atomic E-state index is 13.3. The van der Waals surface area contributed by atoms with Gasteiger partial charge in [-0.2, -0.15) is 0 Å². The van der Waals surface area contributed by atoms with Crippen molar-refractivity contribution in [1.29, 1.82) is 0 Å². The quantitative estimate of drug-likeness (QED) is 0.231. The second-order valence-corrected chi connectivity index (χ2v) is 9.78. The third kappa shape index (κ3) is 11.4. The van der Waals surface area contributed by atoms with Crippen LogP contribution >= 0.6 is 0 Å². The molecule has 0 saturated carbocycles. The number of hydrogen-bond acceptors (Lipinski definition) is 6. The molecule has 1 heterocycles. The summed E-state index contributed by atoms with van der Waals surface area (Å²) in [5, 5.41) is 14.6. The van der Waals surface area contributed by atoms with Crippen molar-refractivity contribution in [2.24, 2.45) is 11.8 Å². The van der Waals surface area contributed by atoms with E-state index in [1.807, 2.05) is 72.8 Å². The van der Waals surface area contributed by atoms with Crippen LogP contribution in [0.2, 0.25) is 0 Å². The van der Waals surface area contributed by atoms with Crippen LogP contribution in [0.5, 0.6) is 0 Å². The van der Waals surface area contributed by atoms with E-state index in [9.17, 15) is 14.4 Å². The summed E-state index contributed by atoms with van der Waals surface area (Å²) in [7, 11) is 0. The van der Waals surface area contributed by atoms with Crippen LogP contribution in [0.1, 0.15) is 36.8 Å². The Morgan fingerprint density at radius 1 is 0.949 bits per heavy atom. The molecule has 3 unspecified atom stereocenters. The van der Waals surface area contributed by atoms with Crippen LogP contribution in [-0.2, 0) is 36.7 Å². The lowest BCUT2D eigenvalue weighted by atomic mass is 9.94. The highest BCUT2D eigenvalue weighted by atomic mass is 16.5. The van der Waals surface area contributed by atoms with Crippen molar-refractivity contribution in [3.63, 3.8) is 0 Å². The molecule has 3 N–H and O–H groups in total. The second kappa shape index (κ2) is 17.2. The van der Waals surface area contributed by atoms with E-state index in [1.165, 1.54) is 0 Å². The van der Waals surface area contributed by atoms with Crippen molar-refractivity contribution in [3.8, 4) is 0 Å². The summed E-state index contributed by atoms with van der Waals surface area (Å²) in [4.78, 5) is 39.0. The van der Waals surface area contributed by atoms with Gasteiger partial charge in [0.25, 0.3) is 0 Å². The van der Waals surface area contributed by atoms with Gasteiger partial charge >= 0.3 is 5.97 Å². The van der Waals surface area contributed by atoms with E-state index in [4.69, 9.17) is 14.6 Å². The summed E-state index contributed by atoms with van der Waals surface area (Å²) in [6.45, 7) is 0.787. The highest BCUT2D eigenvalue weighted by Gasteiger charge is 2.26. The van der Waals surface area contributed by atoms with E-state index in [2.05, 4.69) is 10.6 Å². The van der Waals surface area contributed by atoms with Crippen molar-refractivity contribution in [1.82, 2.24) is 10.6 Å². The summed E-state index contributed by atoms with van der Waals surface area (Å²) in [6.07, 6.45) is 6.74. The molecular weight excluding hydrogens is 496 g/mol. The van der Waals surface area contributed by atoms with Gasteiger partial charge < -0.3 is 25.2 Å². The van der Waals surface area contributed by atoms with Crippen LogP contribution in [-0.4, -0.2) is 61.9 Å². The number of hydrogen-bond donors (Lipinski definition) is 3. The molecule has 0 fully saturated rings. The summed E-state index contributed by atoms with van der Waals surface area (Å²) in [5.41, 5.74) is 2.09. The molecule has 3 atom stereocenters. The minimum Gasteiger partial charge on any atom is -0.463 e. The zero-order chi connectivity index (χ0) is 27.7. The summed E-state index contributed by atoms with van der Waals surface area (Å²) in [5.74, 6) is -1.61. The van der Waals surface area contributed by atoms with Gasteiger partial charge in [-0.25, -0.2) is 0 Å². The largest absolute Gasteiger partial charge is 0.463 e. The van der Waals surface area contributed by atoms with Crippen LogP contribution in [0.25, 0.3) is 0 Å². The maximum atomic E-state index is 13.3. The Kier molecular flexibility index (Phi) is 13.2. The molecule has 1 aliphatic rings. The number of cyclic esters (lactones) is 1. The Morgan fingerprint density at radius 3 is 2.33 bits per heavy atom. The zero-order valence-electron chi connectivity index (χ0n) is 22.4. The number of carbonyl (C=O) groups is 3. The standard InChI is InChI=1S/C31H40N2O6/c34-17-19-38-18-16-32-29(35)22-26-14-8-3-9-15-27(20-24-10-4-1-5-11-24)31(37)39-23-28(33-30(26)36)21-25-12-6-2-7-13-25/h1-8,10-13,26-28,34H,9,14-23H2,(H,32,35)(H,33,36). The smallest absolute Gasteiger partial charge is 0.309 e. The number of aliphatic hydroxyl groups is 1. The monoisotopic (exact) mass is 536 g/mol. The fourth-order valence-electron chi connectivity index (χ4n) is 4.56. The molecule has 8 nitrogen and oxygen atoms in total. The average molecular weight is 537 g/mol. The Bertz CT molecular complexity index is 1040. The minimum absolute atomic E-state index is 0.0324. The van der Waals surface area contributed by atoms with Gasteiger partial charge in [-0.3, -0.25) is 14.4 Å². The van der Waals surface area contributed by atoms with Crippen molar-refractivity contribution in [2.75, 3.05) is 33.0 Å².